The fourth-order valence-corrected chi connectivity index (χ4v) is 3.61. The first-order valence-electron chi connectivity index (χ1n) is 8.53. The molecule has 1 saturated carbocycles. The molecular formula is C17H32N2O2. The van der Waals surface area contributed by atoms with E-state index in [2.05, 4.69) is 19.2 Å². The molecule has 4 atom stereocenters. The van der Waals surface area contributed by atoms with Gasteiger partial charge in [-0.2, -0.15) is 0 Å². The van der Waals surface area contributed by atoms with E-state index in [1.807, 2.05) is 25.7 Å². The molecule has 2 aliphatic rings. The van der Waals surface area contributed by atoms with Crippen LogP contribution in [0, 0.1) is 5.92 Å². The van der Waals surface area contributed by atoms with Gasteiger partial charge in [-0.3, -0.25) is 0 Å². The summed E-state index contributed by atoms with van der Waals surface area (Å²) in [6, 6.07) is 1.23. The summed E-state index contributed by atoms with van der Waals surface area (Å²) in [7, 11) is 0. The molecule has 4 unspecified atom stereocenters. The Balaban J connectivity index is 1.94. The smallest absolute Gasteiger partial charge is 0.410 e. The molecule has 2 rings (SSSR count). The molecule has 0 bridgehead atoms. The second kappa shape index (κ2) is 6.55. The Hall–Kier alpha value is -0.770. The summed E-state index contributed by atoms with van der Waals surface area (Å²) in [5.41, 5.74) is -0.420. The number of nitrogens with one attached hydrogen (secondary N) is 1. The van der Waals surface area contributed by atoms with Crippen molar-refractivity contribution in [1.29, 1.82) is 0 Å². The minimum absolute atomic E-state index is 0.166. The molecule has 2 fully saturated rings. The Morgan fingerprint density at radius 1 is 1.10 bits per heavy atom. The maximum Gasteiger partial charge on any atom is 0.410 e. The zero-order valence-electron chi connectivity index (χ0n) is 14.3. The first-order chi connectivity index (χ1) is 9.78. The molecule has 1 N–H and O–H groups in total. The number of likely N-dealkylation sites (tertiary alicyclic amines) is 1. The summed E-state index contributed by atoms with van der Waals surface area (Å²) in [4.78, 5) is 14.3. The number of hydrogen-bond acceptors (Lipinski definition) is 3. The maximum absolute atomic E-state index is 12.3. The van der Waals surface area contributed by atoms with E-state index in [0.717, 1.165) is 25.3 Å². The van der Waals surface area contributed by atoms with Crippen LogP contribution < -0.4 is 5.32 Å². The summed E-state index contributed by atoms with van der Waals surface area (Å²) in [5.74, 6) is 0.758. The number of piperidine rings is 1. The highest BCUT2D eigenvalue weighted by atomic mass is 16.6. The van der Waals surface area contributed by atoms with Crippen LogP contribution in [0.3, 0.4) is 0 Å². The first-order valence-corrected chi connectivity index (χ1v) is 8.53. The molecule has 1 amide bonds. The van der Waals surface area contributed by atoms with Gasteiger partial charge in [-0.1, -0.05) is 13.3 Å². The highest BCUT2D eigenvalue weighted by Crippen LogP contribution is 2.28. The van der Waals surface area contributed by atoms with Gasteiger partial charge in [0, 0.05) is 24.7 Å². The number of amides is 1. The number of rotatable bonds is 2. The highest BCUT2D eigenvalue weighted by molar-refractivity contribution is 5.68. The Kier molecular flexibility index (Phi) is 5.18. The van der Waals surface area contributed by atoms with Crippen molar-refractivity contribution in [3.63, 3.8) is 0 Å². The summed E-state index contributed by atoms with van der Waals surface area (Å²) in [6.07, 6.45) is 5.98. The summed E-state index contributed by atoms with van der Waals surface area (Å²) < 4.78 is 5.55. The third-order valence-corrected chi connectivity index (χ3v) is 4.91. The zero-order valence-corrected chi connectivity index (χ0v) is 14.3. The number of nitrogens with zero attached hydrogens (tertiary/aromatic N) is 1. The quantitative estimate of drug-likeness (QED) is 0.847. The summed E-state index contributed by atoms with van der Waals surface area (Å²) in [5, 5.41) is 3.82. The Morgan fingerprint density at radius 3 is 2.33 bits per heavy atom. The lowest BCUT2D eigenvalue weighted by Crippen LogP contribution is -2.57. The van der Waals surface area contributed by atoms with Crippen molar-refractivity contribution in [2.24, 2.45) is 5.92 Å². The van der Waals surface area contributed by atoms with E-state index in [1.54, 1.807) is 0 Å². The van der Waals surface area contributed by atoms with Gasteiger partial charge >= 0.3 is 6.09 Å². The molecule has 21 heavy (non-hydrogen) atoms. The normalized spacial score (nSPS) is 34.0. The van der Waals surface area contributed by atoms with Gasteiger partial charge in [0.1, 0.15) is 5.60 Å². The van der Waals surface area contributed by atoms with Crippen LogP contribution in [0.5, 0.6) is 0 Å². The van der Waals surface area contributed by atoms with Crippen LogP contribution in [0.25, 0.3) is 0 Å². The van der Waals surface area contributed by atoms with Crippen LogP contribution in [-0.2, 0) is 4.74 Å². The Labute approximate surface area is 129 Å². The van der Waals surface area contributed by atoms with E-state index in [-0.39, 0.29) is 12.1 Å². The first kappa shape index (κ1) is 16.6. The number of ether oxygens (including phenoxy) is 1. The largest absolute Gasteiger partial charge is 0.444 e. The molecule has 1 heterocycles. The van der Waals surface area contributed by atoms with Gasteiger partial charge in [-0.15, -0.1) is 0 Å². The van der Waals surface area contributed by atoms with Crippen LogP contribution in [0.4, 0.5) is 4.79 Å². The predicted molar refractivity (Wildman–Crippen MR) is 85.4 cm³/mol. The molecule has 122 valence electrons. The van der Waals surface area contributed by atoms with Gasteiger partial charge in [0.2, 0.25) is 0 Å². The SMILES string of the molecule is CC1CCCC1NC1CCCN(C(=O)OC(C)(C)C)C1C. The second-order valence-electron chi connectivity index (χ2n) is 7.84. The van der Waals surface area contributed by atoms with Crippen molar-refractivity contribution >= 4 is 6.09 Å². The van der Waals surface area contributed by atoms with Gasteiger partial charge < -0.3 is 15.0 Å². The van der Waals surface area contributed by atoms with Crippen LogP contribution in [-0.4, -0.2) is 41.3 Å². The van der Waals surface area contributed by atoms with Gasteiger partial charge in [-0.05, 0) is 59.3 Å². The van der Waals surface area contributed by atoms with E-state index >= 15 is 0 Å². The lowest BCUT2D eigenvalue weighted by atomic mass is 9.95. The molecule has 1 saturated heterocycles. The van der Waals surface area contributed by atoms with E-state index in [9.17, 15) is 4.79 Å². The zero-order chi connectivity index (χ0) is 15.6. The molecular weight excluding hydrogens is 264 g/mol. The van der Waals surface area contributed by atoms with E-state index in [0.29, 0.717) is 12.1 Å². The van der Waals surface area contributed by atoms with Gasteiger partial charge in [-0.25, -0.2) is 4.79 Å². The third-order valence-electron chi connectivity index (χ3n) is 4.91. The average molecular weight is 296 g/mol. The molecule has 0 aromatic rings. The molecule has 0 aromatic carbocycles. The van der Waals surface area contributed by atoms with Crippen molar-refractivity contribution in [2.75, 3.05) is 6.54 Å². The molecule has 4 nitrogen and oxygen atoms in total. The highest BCUT2D eigenvalue weighted by Gasteiger charge is 2.36. The van der Waals surface area contributed by atoms with Crippen molar-refractivity contribution in [3.05, 3.63) is 0 Å². The monoisotopic (exact) mass is 296 g/mol. The van der Waals surface area contributed by atoms with Crippen LogP contribution in [0.2, 0.25) is 0 Å². The van der Waals surface area contributed by atoms with E-state index < -0.39 is 5.60 Å². The van der Waals surface area contributed by atoms with Gasteiger partial charge in [0.05, 0.1) is 0 Å². The molecule has 0 radical (unpaired) electrons. The standard InChI is InChI=1S/C17H32N2O2/c1-12-8-6-9-14(12)18-15-10-7-11-19(13(15)2)16(20)21-17(3,4)5/h12-15,18H,6-11H2,1-5H3. The van der Waals surface area contributed by atoms with Gasteiger partial charge in [0.25, 0.3) is 0 Å². The fraction of sp³-hybridized carbons (Fsp3) is 0.941. The second-order valence-corrected chi connectivity index (χ2v) is 7.84. The fourth-order valence-electron chi connectivity index (χ4n) is 3.61. The van der Waals surface area contributed by atoms with E-state index in [1.165, 1.54) is 19.3 Å². The minimum Gasteiger partial charge on any atom is -0.444 e. The van der Waals surface area contributed by atoms with Crippen molar-refractivity contribution in [1.82, 2.24) is 10.2 Å². The minimum atomic E-state index is -0.420. The van der Waals surface area contributed by atoms with Gasteiger partial charge in [0.15, 0.2) is 0 Å². The van der Waals surface area contributed by atoms with Crippen LogP contribution in [0.15, 0.2) is 0 Å². The third kappa shape index (κ3) is 4.35. The van der Waals surface area contributed by atoms with Crippen molar-refractivity contribution in [3.8, 4) is 0 Å². The predicted octanol–water partition coefficient (Wildman–Crippen LogP) is 3.55. The molecule has 0 spiro atoms. The molecule has 1 aliphatic heterocycles. The van der Waals surface area contributed by atoms with E-state index in [4.69, 9.17) is 4.74 Å². The van der Waals surface area contributed by atoms with Crippen LogP contribution in [0.1, 0.15) is 66.7 Å². The van der Waals surface area contributed by atoms with Crippen molar-refractivity contribution in [2.45, 2.75) is 90.4 Å². The Bertz CT molecular complexity index is 364. The maximum atomic E-state index is 12.3. The number of hydrogen-bond donors (Lipinski definition) is 1. The van der Waals surface area contributed by atoms with Crippen LogP contribution >= 0.6 is 0 Å². The lowest BCUT2D eigenvalue weighted by Gasteiger charge is -2.41. The molecule has 4 heteroatoms. The number of carbonyl (C=O) groups is 1. The summed E-state index contributed by atoms with van der Waals surface area (Å²) >= 11 is 0. The topological polar surface area (TPSA) is 41.6 Å². The lowest BCUT2D eigenvalue weighted by molar-refractivity contribution is 0.00606. The van der Waals surface area contributed by atoms with Crippen molar-refractivity contribution < 1.29 is 9.53 Å². The average Bonchev–Trinajstić information content (AvgIpc) is 2.75. The molecule has 1 aliphatic carbocycles. The summed E-state index contributed by atoms with van der Waals surface area (Å²) in [6.45, 7) is 11.1. The number of carbonyl (C=O) groups excluding carboxylic acids is 1. The molecule has 0 aromatic heterocycles. The Morgan fingerprint density at radius 2 is 1.76 bits per heavy atom.